The predicted octanol–water partition coefficient (Wildman–Crippen LogP) is 2.09. The molecule has 0 saturated carbocycles. The molecule has 1 aliphatic rings. The fraction of sp³-hybridized carbons (Fsp3) is 0.304. The number of rotatable bonds is 9. The Bertz CT molecular complexity index is 1020. The summed E-state index contributed by atoms with van der Waals surface area (Å²) in [6.07, 6.45) is 2.27. The number of thioether (sulfide) groups is 1. The minimum Gasteiger partial charge on any atom is -0.480 e. The summed E-state index contributed by atoms with van der Waals surface area (Å²) in [7, 11) is 0. The van der Waals surface area contributed by atoms with Crippen molar-refractivity contribution < 1.29 is 24.3 Å². The van der Waals surface area contributed by atoms with Crippen LogP contribution in [0.4, 0.5) is 16.2 Å². The second-order valence-corrected chi connectivity index (χ2v) is 8.51. The van der Waals surface area contributed by atoms with Crippen LogP contribution in [0.3, 0.4) is 0 Å². The largest absolute Gasteiger partial charge is 0.480 e. The van der Waals surface area contributed by atoms with E-state index in [2.05, 4.69) is 16.0 Å². The van der Waals surface area contributed by atoms with E-state index in [-0.39, 0.29) is 25.3 Å². The molecule has 0 aromatic heterocycles. The number of hydrogen-bond acceptors (Lipinski definition) is 5. The van der Waals surface area contributed by atoms with Crippen LogP contribution in [0.2, 0.25) is 0 Å². The molecule has 2 atom stereocenters. The SMILES string of the molecule is CSCC[C@@H](NC(=O)[C@H](Cc1ccccc1)NC(=O)N1CC(=O)Nc2ccccc21)C(=O)O. The number of hydrogen-bond donors (Lipinski definition) is 4. The van der Waals surface area contributed by atoms with Crippen LogP contribution in [0.5, 0.6) is 0 Å². The molecule has 4 amide bonds. The molecule has 174 valence electrons. The van der Waals surface area contributed by atoms with Crippen LogP contribution in [-0.4, -0.2) is 59.6 Å². The number of amides is 4. The van der Waals surface area contributed by atoms with Gasteiger partial charge in [-0.2, -0.15) is 11.8 Å². The lowest BCUT2D eigenvalue weighted by Gasteiger charge is -2.31. The molecule has 2 aromatic carbocycles. The molecule has 0 aliphatic carbocycles. The second-order valence-electron chi connectivity index (χ2n) is 7.52. The first-order valence-corrected chi connectivity index (χ1v) is 11.8. The highest BCUT2D eigenvalue weighted by molar-refractivity contribution is 7.98. The van der Waals surface area contributed by atoms with Gasteiger partial charge in [0.15, 0.2) is 0 Å². The highest BCUT2D eigenvalue weighted by Gasteiger charge is 2.31. The third-order valence-corrected chi connectivity index (χ3v) is 5.78. The number of nitrogens with one attached hydrogen (secondary N) is 3. The van der Waals surface area contributed by atoms with Crippen molar-refractivity contribution in [3.05, 3.63) is 60.2 Å². The number of anilines is 2. The fourth-order valence-electron chi connectivity index (χ4n) is 3.47. The van der Waals surface area contributed by atoms with E-state index in [1.165, 1.54) is 16.7 Å². The zero-order valence-corrected chi connectivity index (χ0v) is 18.9. The van der Waals surface area contributed by atoms with Crippen molar-refractivity contribution in [3.8, 4) is 0 Å². The van der Waals surface area contributed by atoms with Crippen LogP contribution >= 0.6 is 11.8 Å². The molecule has 33 heavy (non-hydrogen) atoms. The van der Waals surface area contributed by atoms with Gasteiger partial charge in [-0.15, -0.1) is 0 Å². The molecule has 0 saturated heterocycles. The Balaban J connectivity index is 1.81. The van der Waals surface area contributed by atoms with Crippen molar-refractivity contribution in [1.29, 1.82) is 0 Å². The van der Waals surface area contributed by atoms with Gasteiger partial charge in [0.05, 0.1) is 11.4 Å². The molecule has 0 radical (unpaired) electrons. The molecular formula is C23H26N4O5S. The lowest BCUT2D eigenvalue weighted by molar-refractivity contribution is -0.142. The van der Waals surface area contributed by atoms with Crippen molar-refractivity contribution >= 4 is 47.0 Å². The summed E-state index contributed by atoms with van der Waals surface area (Å²) in [6, 6.07) is 13.2. The molecule has 1 aliphatic heterocycles. The van der Waals surface area contributed by atoms with Gasteiger partial charge in [0.25, 0.3) is 0 Å². The van der Waals surface area contributed by atoms with E-state index in [0.717, 1.165) is 5.56 Å². The number of nitrogens with zero attached hydrogens (tertiary/aromatic N) is 1. The maximum absolute atomic E-state index is 13.1. The Kier molecular flexibility index (Phi) is 8.31. The number of carboxylic acids is 1. The first kappa shape index (κ1) is 24.1. The van der Waals surface area contributed by atoms with E-state index in [1.807, 2.05) is 36.6 Å². The summed E-state index contributed by atoms with van der Waals surface area (Å²) in [6.45, 7) is -0.200. The van der Waals surface area contributed by atoms with Crippen LogP contribution in [-0.2, 0) is 20.8 Å². The van der Waals surface area contributed by atoms with Crippen molar-refractivity contribution in [2.24, 2.45) is 0 Å². The number of fused-ring (bicyclic) bond motifs is 1. The quantitative estimate of drug-likeness (QED) is 0.444. The second kappa shape index (κ2) is 11.4. The Labute approximate surface area is 195 Å². The van der Waals surface area contributed by atoms with Crippen molar-refractivity contribution in [2.75, 3.05) is 28.8 Å². The van der Waals surface area contributed by atoms with Crippen LogP contribution in [0.15, 0.2) is 54.6 Å². The fourth-order valence-corrected chi connectivity index (χ4v) is 3.94. The molecule has 3 rings (SSSR count). The van der Waals surface area contributed by atoms with E-state index >= 15 is 0 Å². The van der Waals surface area contributed by atoms with Crippen molar-refractivity contribution in [3.63, 3.8) is 0 Å². The van der Waals surface area contributed by atoms with E-state index < -0.39 is 30.0 Å². The van der Waals surface area contributed by atoms with E-state index in [4.69, 9.17) is 0 Å². The third-order valence-electron chi connectivity index (χ3n) is 5.14. The predicted molar refractivity (Wildman–Crippen MR) is 127 cm³/mol. The molecule has 0 spiro atoms. The number of benzene rings is 2. The molecule has 0 fully saturated rings. The minimum absolute atomic E-state index is 0.162. The zero-order valence-electron chi connectivity index (χ0n) is 18.1. The summed E-state index contributed by atoms with van der Waals surface area (Å²) in [5.41, 5.74) is 1.80. The number of carbonyl (C=O) groups is 4. The summed E-state index contributed by atoms with van der Waals surface area (Å²) in [4.78, 5) is 51.2. The standard InChI is InChI=1S/C23H26N4O5S/c1-33-12-11-17(22(30)31)25-21(29)18(13-15-7-3-2-4-8-15)26-23(32)27-14-20(28)24-16-9-5-6-10-19(16)27/h2-10,17-18H,11-14H2,1H3,(H,24,28)(H,25,29)(H,26,32)(H,30,31)/t17-,18+/m1/s1. The van der Waals surface area contributed by atoms with Gasteiger partial charge < -0.3 is 21.1 Å². The average Bonchev–Trinajstić information content (AvgIpc) is 2.81. The lowest BCUT2D eigenvalue weighted by atomic mass is 10.0. The van der Waals surface area contributed by atoms with Gasteiger partial charge in [0, 0.05) is 6.42 Å². The topological polar surface area (TPSA) is 128 Å². The molecule has 0 bridgehead atoms. The number of urea groups is 1. The molecule has 10 heteroatoms. The van der Waals surface area contributed by atoms with Crippen molar-refractivity contribution in [1.82, 2.24) is 10.6 Å². The summed E-state index contributed by atoms with van der Waals surface area (Å²) >= 11 is 1.48. The van der Waals surface area contributed by atoms with E-state index in [9.17, 15) is 24.3 Å². The first-order valence-electron chi connectivity index (χ1n) is 10.4. The Morgan fingerprint density at radius 1 is 1.06 bits per heavy atom. The number of carbonyl (C=O) groups excluding carboxylic acids is 3. The molecular weight excluding hydrogens is 444 g/mol. The Morgan fingerprint density at radius 2 is 1.76 bits per heavy atom. The summed E-state index contributed by atoms with van der Waals surface area (Å²) in [5.74, 6) is -1.53. The highest BCUT2D eigenvalue weighted by Crippen LogP contribution is 2.28. The van der Waals surface area contributed by atoms with E-state index in [1.54, 1.807) is 24.3 Å². The molecule has 9 nitrogen and oxygen atoms in total. The van der Waals surface area contributed by atoms with Gasteiger partial charge in [-0.3, -0.25) is 14.5 Å². The molecule has 4 N–H and O–H groups in total. The van der Waals surface area contributed by atoms with Gasteiger partial charge in [0.2, 0.25) is 11.8 Å². The average molecular weight is 471 g/mol. The van der Waals surface area contributed by atoms with Crippen LogP contribution in [0.1, 0.15) is 12.0 Å². The number of aliphatic carboxylic acids is 1. The summed E-state index contributed by atoms with van der Waals surface area (Å²) < 4.78 is 0. The smallest absolute Gasteiger partial charge is 0.326 e. The maximum Gasteiger partial charge on any atom is 0.326 e. The van der Waals surface area contributed by atoms with Crippen LogP contribution in [0.25, 0.3) is 0 Å². The van der Waals surface area contributed by atoms with Gasteiger partial charge in [-0.1, -0.05) is 42.5 Å². The van der Waals surface area contributed by atoms with E-state index in [0.29, 0.717) is 17.1 Å². The van der Waals surface area contributed by atoms with Gasteiger partial charge in [0.1, 0.15) is 18.6 Å². The van der Waals surface area contributed by atoms with Crippen LogP contribution in [0, 0.1) is 0 Å². The Hall–Kier alpha value is -3.53. The van der Waals surface area contributed by atoms with Crippen LogP contribution < -0.4 is 20.9 Å². The Morgan fingerprint density at radius 3 is 2.45 bits per heavy atom. The molecule has 1 heterocycles. The third kappa shape index (κ3) is 6.48. The van der Waals surface area contributed by atoms with Gasteiger partial charge in [-0.25, -0.2) is 9.59 Å². The molecule has 2 aromatic rings. The highest BCUT2D eigenvalue weighted by atomic mass is 32.2. The zero-order chi connectivity index (χ0) is 23.8. The number of para-hydroxylation sites is 2. The number of carboxylic acid groups (broad SMARTS) is 1. The lowest BCUT2D eigenvalue weighted by Crippen LogP contribution is -2.56. The first-order chi connectivity index (χ1) is 15.9. The van der Waals surface area contributed by atoms with Gasteiger partial charge in [-0.05, 0) is 36.1 Å². The summed E-state index contributed by atoms with van der Waals surface area (Å²) in [5, 5.41) is 17.4. The van der Waals surface area contributed by atoms with Crippen molar-refractivity contribution in [2.45, 2.75) is 24.9 Å². The normalized spacial score (nSPS) is 14.5. The van der Waals surface area contributed by atoms with Gasteiger partial charge >= 0.3 is 12.0 Å². The minimum atomic E-state index is -1.14. The monoisotopic (exact) mass is 470 g/mol. The molecule has 0 unspecified atom stereocenters. The maximum atomic E-state index is 13.1.